The molecular formula is C4H10N2O. The van der Waals surface area contributed by atoms with E-state index in [9.17, 15) is 0 Å². The minimum Gasteiger partial charge on any atom is -0.377 e. The maximum Gasteiger partial charge on any atom is 0.119 e. The summed E-state index contributed by atoms with van der Waals surface area (Å²) in [5.74, 6) is 5.26. The van der Waals surface area contributed by atoms with Crippen LogP contribution in [0.25, 0.3) is 0 Å². The number of nitrogens with zero attached hydrogens (tertiary/aromatic N) is 1. The van der Waals surface area contributed by atoms with E-state index in [1.54, 1.807) is 0 Å². The monoisotopic (exact) mass is 102 g/mol. The summed E-state index contributed by atoms with van der Waals surface area (Å²) in [5, 5.41) is 10.3. The molecule has 1 aliphatic heterocycles. The molecule has 0 bridgehead atoms. The zero-order valence-corrected chi connectivity index (χ0v) is 4.17. The summed E-state index contributed by atoms with van der Waals surface area (Å²) in [6.45, 7) is 0.834. The van der Waals surface area contributed by atoms with Crippen molar-refractivity contribution in [2.45, 2.75) is 19.1 Å². The van der Waals surface area contributed by atoms with Gasteiger partial charge in [-0.3, -0.25) is 5.84 Å². The van der Waals surface area contributed by atoms with Crippen LogP contribution >= 0.6 is 0 Å². The molecule has 0 aromatic rings. The van der Waals surface area contributed by atoms with E-state index in [1.807, 2.05) is 0 Å². The normalized spacial score (nSPS) is 34.3. The van der Waals surface area contributed by atoms with E-state index >= 15 is 0 Å². The number of hydrazine groups is 1. The van der Waals surface area contributed by atoms with Crippen molar-refractivity contribution in [2.75, 3.05) is 6.54 Å². The maximum absolute atomic E-state index is 8.80. The molecule has 1 heterocycles. The van der Waals surface area contributed by atoms with Crippen LogP contribution in [0.2, 0.25) is 0 Å². The Morgan fingerprint density at radius 2 is 2.43 bits per heavy atom. The highest BCUT2D eigenvalue weighted by Gasteiger charge is 2.17. The first-order valence-electron chi connectivity index (χ1n) is 2.50. The zero-order chi connectivity index (χ0) is 5.28. The number of aliphatic hydroxyl groups is 1. The summed E-state index contributed by atoms with van der Waals surface area (Å²) in [7, 11) is 0. The van der Waals surface area contributed by atoms with E-state index in [2.05, 4.69) is 0 Å². The second-order valence-corrected chi connectivity index (χ2v) is 1.86. The molecule has 3 nitrogen and oxygen atoms in total. The van der Waals surface area contributed by atoms with Crippen LogP contribution < -0.4 is 5.84 Å². The Morgan fingerprint density at radius 1 is 1.71 bits per heavy atom. The predicted molar refractivity (Wildman–Crippen MR) is 26.1 cm³/mol. The number of hydrogen-bond acceptors (Lipinski definition) is 3. The molecule has 3 heteroatoms. The lowest BCUT2D eigenvalue weighted by molar-refractivity contribution is 0.0381. The zero-order valence-electron chi connectivity index (χ0n) is 4.17. The van der Waals surface area contributed by atoms with Gasteiger partial charge >= 0.3 is 0 Å². The van der Waals surface area contributed by atoms with Crippen LogP contribution in [0.1, 0.15) is 12.8 Å². The second kappa shape index (κ2) is 1.78. The minimum absolute atomic E-state index is 0.375. The third-order valence-corrected chi connectivity index (χ3v) is 1.26. The van der Waals surface area contributed by atoms with Crippen molar-refractivity contribution in [3.8, 4) is 0 Å². The summed E-state index contributed by atoms with van der Waals surface area (Å²) in [4.78, 5) is 0. The third-order valence-electron chi connectivity index (χ3n) is 1.26. The Balaban J connectivity index is 2.33. The molecule has 0 aromatic carbocycles. The van der Waals surface area contributed by atoms with E-state index in [0.29, 0.717) is 0 Å². The lowest BCUT2D eigenvalue weighted by Gasteiger charge is -2.10. The Labute approximate surface area is 42.7 Å². The standard InChI is InChI=1S/C4H10N2O/c5-6-3-1-2-4(6)7/h4,7H,1-3,5H2/t4-/m1/s1. The van der Waals surface area contributed by atoms with Crippen molar-refractivity contribution >= 4 is 0 Å². The fourth-order valence-electron chi connectivity index (χ4n) is 0.771. The van der Waals surface area contributed by atoms with Gasteiger partial charge in [0.1, 0.15) is 6.23 Å². The largest absolute Gasteiger partial charge is 0.377 e. The second-order valence-electron chi connectivity index (χ2n) is 1.86. The molecule has 7 heavy (non-hydrogen) atoms. The maximum atomic E-state index is 8.80. The van der Waals surface area contributed by atoms with E-state index < -0.39 is 0 Å². The van der Waals surface area contributed by atoms with Crippen LogP contribution in [0, 0.1) is 0 Å². The molecule has 0 spiro atoms. The molecule has 0 aliphatic carbocycles. The number of hydrogen-bond donors (Lipinski definition) is 2. The molecular weight excluding hydrogens is 92.1 g/mol. The highest BCUT2D eigenvalue weighted by molar-refractivity contribution is 4.63. The molecule has 42 valence electrons. The fraction of sp³-hybridized carbons (Fsp3) is 1.00. The van der Waals surface area contributed by atoms with Crippen molar-refractivity contribution in [2.24, 2.45) is 5.84 Å². The Morgan fingerprint density at radius 3 is 2.57 bits per heavy atom. The molecule has 0 unspecified atom stereocenters. The van der Waals surface area contributed by atoms with Crippen LogP contribution in [0.3, 0.4) is 0 Å². The first-order chi connectivity index (χ1) is 3.30. The highest BCUT2D eigenvalue weighted by atomic mass is 16.3. The van der Waals surface area contributed by atoms with Gasteiger partial charge in [-0.2, -0.15) is 0 Å². The van der Waals surface area contributed by atoms with E-state index in [1.165, 1.54) is 5.01 Å². The van der Waals surface area contributed by atoms with E-state index in [4.69, 9.17) is 10.9 Å². The number of rotatable bonds is 0. The van der Waals surface area contributed by atoms with Crippen molar-refractivity contribution < 1.29 is 5.11 Å². The van der Waals surface area contributed by atoms with Crippen LogP contribution in [-0.2, 0) is 0 Å². The van der Waals surface area contributed by atoms with Crippen molar-refractivity contribution in [1.29, 1.82) is 0 Å². The van der Waals surface area contributed by atoms with Crippen LogP contribution in [0.4, 0.5) is 0 Å². The van der Waals surface area contributed by atoms with Gasteiger partial charge in [0.15, 0.2) is 0 Å². The van der Waals surface area contributed by atoms with Gasteiger partial charge < -0.3 is 5.11 Å². The Kier molecular flexibility index (Phi) is 1.27. The van der Waals surface area contributed by atoms with E-state index in [0.717, 1.165) is 19.4 Å². The summed E-state index contributed by atoms with van der Waals surface area (Å²) < 4.78 is 0. The van der Waals surface area contributed by atoms with Crippen molar-refractivity contribution in [3.05, 3.63) is 0 Å². The topological polar surface area (TPSA) is 49.5 Å². The molecule has 0 amide bonds. The number of nitrogens with two attached hydrogens (primary N) is 1. The highest BCUT2D eigenvalue weighted by Crippen LogP contribution is 2.08. The average Bonchev–Trinajstić information content (AvgIpc) is 1.91. The fourth-order valence-corrected chi connectivity index (χ4v) is 0.771. The number of aliphatic hydroxyl groups excluding tert-OH is 1. The van der Waals surface area contributed by atoms with Gasteiger partial charge in [0, 0.05) is 6.54 Å². The predicted octanol–water partition coefficient (Wildman–Crippen LogP) is -0.726. The van der Waals surface area contributed by atoms with Gasteiger partial charge in [0.05, 0.1) is 0 Å². The van der Waals surface area contributed by atoms with Crippen LogP contribution in [0.15, 0.2) is 0 Å². The summed E-state index contributed by atoms with van der Waals surface area (Å²) >= 11 is 0. The van der Waals surface area contributed by atoms with Gasteiger partial charge in [-0.05, 0) is 12.8 Å². The minimum atomic E-state index is -0.375. The molecule has 1 fully saturated rings. The van der Waals surface area contributed by atoms with Gasteiger partial charge in [0.2, 0.25) is 0 Å². The van der Waals surface area contributed by atoms with Crippen molar-refractivity contribution in [1.82, 2.24) is 5.01 Å². The molecule has 0 aromatic heterocycles. The molecule has 0 saturated carbocycles. The third kappa shape index (κ3) is 0.907. The molecule has 1 saturated heterocycles. The van der Waals surface area contributed by atoms with Gasteiger partial charge in [-0.25, -0.2) is 5.01 Å². The summed E-state index contributed by atoms with van der Waals surface area (Å²) in [6.07, 6.45) is 1.48. The molecule has 1 aliphatic rings. The lowest BCUT2D eigenvalue weighted by Crippen LogP contribution is -2.35. The van der Waals surface area contributed by atoms with E-state index in [-0.39, 0.29) is 6.23 Å². The van der Waals surface area contributed by atoms with Crippen LogP contribution in [-0.4, -0.2) is 22.9 Å². The SMILES string of the molecule is NN1CCC[C@H]1O. The molecule has 1 rings (SSSR count). The van der Waals surface area contributed by atoms with Gasteiger partial charge in [-0.1, -0.05) is 0 Å². The van der Waals surface area contributed by atoms with Crippen molar-refractivity contribution in [3.63, 3.8) is 0 Å². The summed E-state index contributed by atoms with van der Waals surface area (Å²) in [5.41, 5.74) is 0. The molecule has 0 radical (unpaired) electrons. The Bertz CT molecular complexity index is 58.7. The summed E-state index contributed by atoms with van der Waals surface area (Å²) in [6, 6.07) is 0. The van der Waals surface area contributed by atoms with Gasteiger partial charge in [0.25, 0.3) is 0 Å². The first-order valence-corrected chi connectivity index (χ1v) is 2.50. The Hall–Kier alpha value is -0.120. The van der Waals surface area contributed by atoms with Gasteiger partial charge in [-0.15, -0.1) is 0 Å². The molecule has 3 N–H and O–H groups in total. The quantitative estimate of drug-likeness (QED) is 0.397. The lowest BCUT2D eigenvalue weighted by atomic mass is 10.4. The molecule has 1 atom stereocenters. The average molecular weight is 102 g/mol. The van der Waals surface area contributed by atoms with Crippen LogP contribution in [0.5, 0.6) is 0 Å². The first kappa shape index (κ1) is 5.03. The smallest absolute Gasteiger partial charge is 0.119 e.